The van der Waals surface area contributed by atoms with Gasteiger partial charge >= 0.3 is 11.9 Å². The van der Waals surface area contributed by atoms with Gasteiger partial charge in [0.2, 0.25) is 0 Å². The summed E-state index contributed by atoms with van der Waals surface area (Å²) in [4.78, 5) is 23.2. The van der Waals surface area contributed by atoms with E-state index in [2.05, 4.69) is 6.92 Å². The summed E-state index contributed by atoms with van der Waals surface area (Å²) in [6.45, 7) is 2.44. The van der Waals surface area contributed by atoms with Crippen molar-refractivity contribution in [3.8, 4) is 0 Å². The number of carbonyl (C=O) groups is 2. The molecule has 2 unspecified atom stereocenters. The number of rotatable bonds is 27. The molecule has 0 bridgehead atoms. The minimum Gasteiger partial charge on any atom is -0.477 e. The lowest BCUT2D eigenvalue weighted by atomic mass is 10.0. The average Bonchev–Trinajstić information content (AvgIpc) is 2.83. The smallest absolute Gasteiger partial charge is 0.362 e. The van der Waals surface area contributed by atoms with Gasteiger partial charge in [-0.15, -0.1) is 0 Å². The van der Waals surface area contributed by atoms with Crippen LogP contribution in [0.4, 0.5) is 0 Å². The summed E-state index contributed by atoms with van der Waals surface area (Å²) in [6, 6.07) is -0.570. The van der Waals surface area contributed by atoms with Gasteiger partial charge in [-0.3, -0.25) is 4.79 Å². The van der Waals surface area contributed by atoms with Crippen LogP contribution in [-0.2, 0) is 19.1 Å². The molecule has 7 nitrogen and oxygen atoms in total. The van der Waals surface area contributed by atoms with Crippen molar-refractivity contribution in [2.24, 2.45) is 0 Å². The van der Waals surface area contributed by atoms with Gasteiger partial charge in [-0.25, -0.2) is 4.79 Å². The zero-order valence-electron chi connectivity index (χ0n) is 24.7. The zero-order chi connectivity index (χ0) is 27.8. The molecule has 2 N–H and O–H groups in total. The molecule has 0 radical (unpaired) electrons. The monoisotopic (exact) mass is 530 g/mol. The minimum absolute atomic E-state index is 0.0237. The highest BCUT2D eigenvalue weighted by Gasteiger charge is 2.30. The summed E-state index contributed by atoms with van der Waals surface area (Å²) < 4.78 is 10.8. The van der Waals surface area contributed by atoms with Gasteiger partial charge in [0.15, 0.2) is 6.04 Å². The number of likely N-dealkylation sites (N-methyl/N-ethyl adjacent to an activating group) is 1. The van der Waals surface area contributed by atoms with Crippen LogP contribution in [0, 0.1) is 0 Å². The number of aliphatic hydroxyl groups is 1. The first kappa shape index (κ1) is 35.8. The SMILES string of the molecule is CCCCCCCCCCCCCCCCCCCC(=O)OCC(O)COCCC(C(=O)O)[N+](C)(C)C. The molecule has 37 heavy (non-hydrogen) atoms. The fraction of sp³-hybridized carbons (Fsp3) is 0.933. The number of carboxylic acid groups (broad SMARTS) is 1. The number of quaternary nitrogens is 1. The van der Waals surface area contributed by atoms with Crippen molar-refractivity contribution in [3.05, 3.63) is 0 Å². The topological polar surface area (TPSA) is 93.1 Å². The Morgan fingerprint density at radius 2 is 1.14 bits per heavy atom. The molecule has 0 heterocycles. The van der Waals surface area contributed by atoms with Crippen LogP contribution in [0.3, 0.4) is 0 Å². The third kappa shape index (κ3) is 23.7. The van der Waals surface area contributed by atoms with Crippen LogP contribution < -0.4 is 0 Å². The van der Waals surface area contributed by atoms with Gasteiger partial charge < -0.3 is 24.2 Å². The summed E-state index contributed by atoms with van der Waals surface area (Å²) >= 11 is 0. The molecule has 0 amide bonds. The van der Waals surface area contributed by atoms with E-state index in [1.54, 1.807) is 0 Å². The summed E-state index contributed by atoms with van der Waals surface area (Å²) in [5.74, 6) is -1.15. The Morgan fingerprint density at radius 3 is 1.54 bits per heavy atom. The van der Waals surface area contributed by atoms with Gasteiger partial charge in [0, 0.05) is 12.8 Å². The number of carbonyl (C=O) groups excluding carboxylic acids is 1. The first-order valence-corrected chi connectivity index (χ1v) is 15.1. The van der Waals surface area contributed by atoms with Gasteiger partial charge in [-0.2, -0.15) is 0 Å². The van der Waals surface area contributed by atoms with E-state index in [-0.39, 0.29) is 25.8 Å². The second-order valence-corrected chi connectivity index (χ2v) is 11.6. The second-order valence-electron chi connectivity index (χ2n) is 11.6. The van der Waals surface area contributed by atoms with Crippen molar-refractivity contribution in [2.75, 3.05) is 41.0 Å². The maximum atomic E-state index is 11.9. The van der Waals surface area contributed by atoms with E-state index in [1.165, 1.54) is 89.9 Å². The Hall–Kier alpha value is -1.18. The molecule has 0 rings (SSSR count). The lowest BCUT2D eigenvalue weighted by molar-refractivity contribution is -0.887. The number of nitrogens with zero attached hydrogens (tertiary/aromatic N) is 1. The van der Waals surface area contributed by atoms with Crippen molar-refractivity contribution < 1.29 is 33.8 Å². The molecule has 0 aliphatic carbocycles. The molecule has 220 valence electrons. The van der Waals surface area contributed by atoms with Crippen molar-refractivity contribution >= 4 is 11.9 Å². The van der Waals surface area contributed by atoms with Crippen molar-refractivity contribution in [1.82, 2.24) is 0 Å². The second kappa shape index (κ2) is 23.9. The predicted molar refractivity (Wildman–Crippen MR) is 151 cm³/mol. The van der Waals surface area contributed by atoms with Gasteiger partial charge in [0.05, 0.1) is 34.4 Å². The van der Waals surface area contributed by atoms with E-state index in [1.807, 2.05) is 21.1 Å². The van der Waals surface area contributed by atoms with Gasteiger partial charge in [0.25, 0.3) is 0 Å². The molecule has 0 aromatic heterocycles. The van der Waals surface area contributed by atoms with Crippen molar-refractivity contribution in [3.63, 3.8) is 0 Å². The Labute approximate surface area is 227 Å². The molecule has 0 aliphatic heterocycles. The van der Waals surface area contributed by atoms with Crippen molar-refractivity contribution in [1.29, 1.82) is 0 Å². The summed E-state index contributed by atoms with van der Waals surface area (Å²) in [6.07, 6.45) is 22.0. The normalized spacial score (nSPS) is 13.4. The number of ether oxygens (including phenoxy) is 2. The number of carboxylic acids is 1. The number of aliphatic hydroxyl groups excluding tert-OH is 1. The van der Waals surface area contributed by atoms with E-state index in [4.69, 9.17) is 9.47 Å². The maximum absolute atomic E-state index is 11.9. The number of unbranched alkanes of at least 4 members (excludes halogenated alkanes) is 16. The van der Waals surface area contributed by atoms with Crippen LogP contribution in [0.15, 0.2) is 0 Å². The molecule has 0 aromatic rings. The highest BCUT2D eigenvalue weighted by Crippen LogP contribution is 2.14. The van der Waals surface area contributed by atoms with Crippen LogP contribution in [0.5, 0.6) is 0 Å². The molecule has 2 atom stereocenters. The molecule has 0 fully saturated rings. The fourth-order valence-electron chi connectivity index (χ4n) is 4.56. The lowest BCUT2D eigenvalue weighted by Gasteiger charge is -2.31. The molecular formula is C30H60NO6+. The van der Waals surface area contributed by atoms with E-state index in [0.717, 1.165) is 19.3 Å². The molecule has 0 aliphatic rings. The van der Waals surface area contributed by atoms with Gasteiger partial charge in [-0.1, -0.05) is 110 Å². The summed E-state index contributed by atoms with van der Waals surface area (Å²) in [7, 11) is 5.48. The maximum Gasteiger partial charge on any atom is 0.362 e. The molecule has 0 saturated carbocycles. The minimum atomic E-state index is -0.896. The summed E-state index contributed by atoms with van der Waals surface area (Å²) in [5.41, 5.74) is 0. The van der Waals surface area contributed by atoms with Crippen LogP contribution in [0.1, 0.15) is 129 Å². The first-order valence-electron chi connectivity index (χ1n) is 15.1. The number of aliphatic carboxylic acids is 1. The Morgan fingerprint density at radius 1 is 0.703 bits per heavy atom. The molecular weight excluding hydrogens is 470 g/mol. The molecule has 0 spiro atoms. The Kier molecular flexibility index (Phi) is 23.1. The van der Waals surface area contributed by atoms with Crippen LogP contribution in [0.25, 0.3) is 0 Å². The van der Waals surface area contributed by atoms with E-state index in [9.17, 15) is 19.8 Å². The van der Waals surface area contributed by atoms with Crippen molar-refractivity contribution in [2.45, 2.75) is 141 Å². The standard InChI is InChI=1S/C30H59NO6/c1-5-6-7-8-9-10-11-12-13-14-15-16-17-18-19-20-21-22-29(33)37-26-27(32)25-36-24-23-28(30(34)35)31(2,3)4/h27-28,32H,5-26H2,1-4H3/p+1. The zero-order valence-corrected chi connectivity index (χ0v) is 24.7. The highest BCUT2D eigenvalue weighted by atomic mass is 16.5. The predicted octanol–water partition coefficient (Wildman–Crippen LogP) is 6.50. The van der Waals surface area contributed by atoms with Crippen LogP contribution in [0.2, 0.25) is 0 Å². The van der Waals surface area contributed by atoms with Crippen LogP contribution >= 0.6 is 0 Å². The van der Waals surface area contributed by atoms with Gasteiger partial charge in [0.1, 0.15) is 12.7 Å². The van der Waals surface area contributed by atoms with Crippen LogP contribution in [-0.4, -0.2) is 79.7 Å². The molecule has 0 saturated heterocycles. The van der Waals surface area contributed by atoms with Gasteiger partial charge in [-0.05, 0) is 6.42 Å². The highest BCUT2D eigenvalue weighted by molar-refractivity contribution is 5.72. The quantitative estimate of drug-likeness (QED) is 0.0715. The number of esters is 1. The number of hydrogen-bond donors (Lipinski definition) is 2. The molecule has 7 heteroatoms. The lowest BCUT2D eigenvalue weighted by Crippen LogP contribution is -2.50. The average molecular weight is 531 g/mol. The molecule has 0 aromatic carbocycles. The third-order valence-corrected chi connectivity index (χ3v) is 6.99. The Balaban J connectivity index is 3.46. The third-order valence-electron chi connectivity index (χ3n) is 6.99. The van der Waals surface area contributed by atoms with E-state index < -0.39 is 18.1 Å². The van der Waals surface area contributed by atoms with E-state index in [0.29, 0.717) is 17.3 Å². The first-order chi connectivity index (χ1) is 17.7. The summed E-state index contributed by atoms with van der Waals surface area (Å²) in [5, 5.41) is 19.2. The fourth-order valence-corrected chi connectivity index (χ4v) is 4.56. The number of hydrogen-bond acceptors (Lipinski definition) is 5. The van der Waals surface area contributed by atoms with E-state index >= 15 is 0 Å². The Bertz CT molecular complexity index is 549. The largest absolute Gasteiger partial charge is 0.477 e.